The van der Waals surface area contributed by atoms with Gasteiger partial charge in [-0.05, 0) is 50.4 Å². The summed E-state index contributed by atoms with van der Waals surface area (Å²) >= 11 is 6.27. The minimum absolute atomic E-state index is 0.0832. The molecule has 1 atom stereocenters. The van der Waals surface area contributed by atoms with Gasteiger partial charge in [0.1, 0.15) is 0 Å². The molecule has 1 aromatic rings. The molecule has 4 nitrogen and oxygen atoms in total. The number of carbonyl (C=O) groups is 1. The smallest absolute Gasteiger partial charge is 0.237 e. The summed E-state index contributed by atoms with van der Waals surface area (Å²) < 4.78 is 0. The van der Waals surface area contributed by atoms with E-state index in [0.717, 1.165) is 57.0 Å². The molecule has 0 radical (unpaired) electrons. The molecule has 138 valence electrons. The molecular formula is C20H30ClN3O. The van der Waals surface area contributed by atoms with Crippen LogP contribution in [0.1, 0.15) is 44.6 Å². The van der Waals surface area contributed by atoms with Gasteiger partial charge in [0.15, 0.2) is 0 Å². The molecule has 1 amide bonds. The number of nitrogens with zero attached hydrogens (tertiary/aromatic N) is 2. The van der Waals surface area contributed by atoms with Crippen LogP contribution in [0.3, 0.4) is 0 Å². The molecule has 0 saturated carbocycles. The lowest BCUT2D eigenvalue weighted by Crippen LogP contribution is -2.53. The largest absolute Gasteiger partial charge is 0.352 e. The molecule has 1 aromatic carbocycles. The van der Waals surface area contributed by atoms with Gasteiger partial charge in [-0.2, -0.15) is 0 Å². The lowest BCUT2D eigenvalue weighted by atomic mass is 9.99. The highest BCUT2D eigenvalue weighted by Gasteiger charge is 2.29. The summed E-state index contributed by atoms with van der Waals surface area (Å²) in [6.45, 7) is 7.10. The van der Waals surface area contributed by atoms with Crippen molar-refractivity contribution < 1.29 is 4.79 Å². The van der Waals surface area contributed by atoms with Crippen LogP contribution in [-0.2, 0) is 11.3 Å². The van der Waals surface area contributed by atoms with Crippen LogP contribution < -0.4 is 5.32 Å². The van der Waals surface area contributed by atoms with Crippen molar-refractivity contribution in [1.82, 2.24) is 15.1 Å². The van der Waals surface area contributed by atoms with Crippen molar-refractivity contribution in [2.75, 3.05) is 26.2 Å². The van der Waals surface area contributed by atoms with Crippen LogP contribution in [0, 0.1) is 0 Å². The fourth-order valence-corrected chi connectivity index (χ4v) is 4.26. The van der Waals surface area contributed by atoms with E-state index in [9.17, 15) is 4.79 Å². The number of hydrogen-bond donors (Lipinski definition) is 1. The van der Waals surface area contributed by atoms with Crippen LogP contribution in [0.2, 0.25) is 5.02 Å². The van der Waals surface area contributed by atoms with Crippen LogP contribution in [0.25, 0.3) is 0 Å². The van der Waals surface area contributed by atoms with Gasteiger partial charge in [0.25, 0.3) is 0 Å². The molecule has 2 aliphatic heterocycles. The molecule has 5 heteroatoms. The zero-order valence-electron chi connectivity index (χ0n) is 15.2. The van der Waals surface area contributed by atoms with Crippen molar-refractivity contribution in [3.8, 4) is 0 Å². The quantitative estimate of drug-likeness (QED) is 0.871. The van der Waals surface area contributed by atoms with Crippen molar-refractivity contribution in [3.05, 3.63) is 34.9 Å². The van der Waals surface area contributed by atoms with Crippen LogP contribution in [0.4, 0.5) is 0 Å². The van der Waals surface area contributed by atoms with Crippen LogP contribution in [0.5, 0.6) is 0 Å². The summed E-state index contributed by atoms with van der Waals surface area (Å²) in [5, 5.41) is 4.16. The molecule has 2 aliphatic rings. The van der Waals surface area contributed by atoms with E-state index in [0.29, 0.717) is 6.04 Å². The van der Waals surface area contributed by atoms with Crippen molar-refractivity contribution in [3.63, 3.8) is 0 Å². The second-order valence-electron chi connectivity index (χ2n) is 7.29. The molecule has 1 unspecified atom stereocenters. The summed E-state index contributed by atoms with van der Waals surface area (Å²) in [5.74, 6) is 0.242. The van der Waals surface area contributed by atoms with E-state index in [1.807, 2.05) is 18.2 Å². The van der Waals surface area contributed by atoms with Crippen molar-refractivity contribution >= 4 is 17.5 Å². The molecule has 25 heavy (non-hydrogen) atoms. The number of halogens is 1. The van der Waals surface area contributed by atoms with E-state index in [4.69, 9.17) is 11.6 Å². The van der Waals surface area contributed by atoms with Crippen LogP contribution in [0.15, 0.2) is 24.3 Å². The Morgan fingerprint density at radius 3 is 2.64 bits per heavy atom. The number of hydrogen-bond acceptors (Lipinski definition) is 3. The Morgan fingerprint density at radius 1 is 1.16 bits per heavy atom. The zero-order chi connectivity index (χ0) is 17.6. The van der Waals surface area contributed by atoms with E-state index in [-0.39, 0.29) is 11.9 Å². The molecule has 3 rings (SSSR count). The average Bonchev–Trinajstić information content (AvgIpc) is 2.65. The highest BCUT2D eigenvalue weighted by Crippen LogP contribution is 2.21. The molecule has 0 bridgehead atoms. The number of benzene rings is 1. The van der Waals surface area contributed by atoms with E-state index >= 15 is 0 Å². The number of carbonyl (C=O) groups excluding carboxylic acids is 1. The number of likely N-dealkylation sites (N-methyl/N-ethyl adjacent to an activating group) is 1. The summed E-state index contributed by atoms with van der Waals surface area (Å²) in [5.41, 5.74) is 1.19. The summed E-state index contributed by atoms with van der Waals surface area (Å²) in [4.78, 5) is 17.4. The highest BCUT2D eigenvalue weighted by molar-refractivity contribution is 6.31. The zero-order valence-corrected chi connectivity index (χ0v) is 16.0. The van der Waals surface area contributed by atoms with Gasteiger partial charge < -0.3 is 5.32 Å². The molecule has 0 aromatic heterocycles. The minimum atomic E-state index is 0.0832. The van der Waals surface area contributed by atoms with E-state index in [2.05, 4.69) is 28.1 Å². The Hall–Kier alpha value is -1.10. The predicted molar refractivity (Wildman–Crippen MR) is 103 cm³/mol. The SMILES string of the molecule is CCN1CCCCC1C(=O)NC1CCN(Cc2ccccc2Cl)CC1. The summed E-state index contributed by atoms with van der Waals surface area (Å²) in [6.07, 6.45) is 5.44. The van der Waals surface area contributed by atoms with Crippen LogP contribution >= 0.6 is 11.6 Å². The average molecular weight is 364 g/mol. The first-order chi connectivity index (χ1) is 12.2. The fraction of sp³-hybridized carbons (Fsp3) is 0.650. The number of amides is 1. The first-order valence-electron chi connectivity index (χ1n) is 9.67. The van der Waals surface area contributed by atoms with Crippen molar-refractivity contribution in [1.29, 1.82) is 0 Å². The molecule has 0 spiro atoms. The van der Waals surface area contributed by atoms with Gasteiger partial charge in [-0.15, -0.1) is 0 Å². The van der Waals surface area contributed by atoms with Gasteiger partial charge in [-0.25, -0.2) is 0 Å². The lowest BCUT2D eigenvalue weighted by molar-refractivity contribution is -0.128. The van der Waals surface area contributed by atoms with Gasteiger partial charge >= 0.3 is 0 Å². The molecule has 2 fully saturated rings. The van der Waals surface area contributed by atoms with Crippen LogP contribution in [-0.4, -0.2) is 54.0 Å². The summed E-state index contributed by atoms with van der Waals surface area (Å²) in [7, 11) is 0. The third-order valence-corrected chi connectivity index (χ3v) is 5.98. The lowest BCUT2D eigenvalue weighted by Gasteiger charge is -2.37. The number of piperidine rings is 2. The standard InChI is InChI=1S/C20H30ClN3O/c1-2-24-12-6-5-9-19(24)20(25)22-17-10-13-23(14-11-17)15-16-7-3-4-8-18(16)21/h3-4,7-8,17,19H,2,5-6,9-15H2,1H3,(H,22,25). The van der Waals surface area contributed by atoms with E-state index in [1.54, 1.807) is 0 Å². The first-order valence-corrected chi connectivity index (χ1v) is 10.1. The number of rotatable bonds is 5. The van der Waals surface area contributed by atoms with Gasteiger partial charge in [0, 0.05) is 30.7 Å². The Bertz CT molecular complexity index is 572. The summed E-state index contributed by atoms with van der Waals surface area (Å²) in [6, 6.07) is 8.46. The molecule has 0 aliphatic carbocycles. The highest BCUT2D eigenvalue weighted by atomic mass is 35.5. The topological polar surface area (TPSA) is 35.6 Å². The Kier molecular flexibility index (Phi) is 6.74. The first kappa shape index (κ1) is 18.7. The van der Waals surface area contributed by atoms with E-state index in [1.165, 1.54) is 18.4 Å². The maximum atomic E-state index is 12.7. The monoisotopic (exact) mass is 363 g/mol. The Morgan fingerprint density at radius 2 is 1.92 bits per heavy atom. The van der Waals surface area contributed by atoms with Gasteiger partial charge in [-0.3, -0.25) is 14.6 Å². The Balaban J connectivity index is 1.46. The maximum absolute atomic E-state index is 12.7. The predicted octanol–water partition coefficient (Wildman–Crippen LogP) is 3.30. The second kappa shape index (κ2) is 9.02. The number of likely N-dealkylation sites (tertiary alicyclic amines) is 2. The Labute approximate surface area is 156 Å². The maximum Gasteiger partial charge on any atom is 0.237 e. The van der Waals surface area contributed by atoms with E-state index < -0.39 is 0 Å². The third-order valence-electron chi connectivity index (χ3n) is 5.61. The normalized spacial score (nSPS) is 23.5. The fourth-order valence-electron chi connectivity index (χ4n) is 4.07. The van der Waals surface area contributed by atoms with Gasteiger partial charge in [-0.1, -0.05) is 43.1 Å². The molecule has 1 N–H and O–H groups in total. The van der Waals surface area contributed by atoms with Gasteiger partial charge in [0.05, 0.1) is 6.04 Å². The third kappa shape index (κ3) is 4.96. The molecule has 2 saturated heterocycles. The second-order valence-corrected chi connectivity index (χ2v) is 7.70. The van der Waals surface area contributed by atoms with Crippen molar-refractivity contribution in [2.24, 2.45) is 0 Å². The minimum Gasteiger partial charge on any atom is -0.352 e. The molecular weight excluding hydrogens is 334 g/mol. The molecule has 2 heterocycles. The number of nitrogens with one attached hydrogen (secondary N) is 1. The van der Waals surface area contributed by atoms with Gasteiger partial charge in [0.2, 0.25) is 5.91 Å². The van der Waals surface area contributed by atoms with Crippen molar-refractivity contribution in [2.45, 2.75) is 57.7 Å².